The van der Waals surface area contributed by atoms with Crippen LogP contribution in [0.4, 0.5) is 0 Å². The Morgan fingerprint density at radius 2 is 1.87 bits per heavy atom. The molecule has 4 aliphatic rings. The van der Waals surface area contributed by atoms with Crippen LogP contribution in [0.15, 0.2) is 0 Å². The molecule has 4 aliphatic carbocycles. The molecule has 2 heteroatoms. The Hall–Kier alpha value is -0.840. The van der Waals surface area contributed by atoms with Gasteiger partial charge in [-0.2, -0.15) is 5.26 Å². The number of hydrogen-bond acceptors (Lipinski definition) is 2. The van der Waals surface area contributed by atoms with Gasteiger partial charge in [-0.15, -0.1) is 0 Å². The molecule has 2 unspecified atom stereocenters. The molecule has 0 aromatic heterocycles. The molecule has 2 nitrogen and oxygen atoms in total. The van der Waals surface area contributed by atoms with Crippen molar-refractivity contribution >= 4 is 5.78 Å². The normalized spacial score (nSPS) is 51.5. The Balaban J connectivity index is 2.03. The molecule has 80 valence electrons. The monoisotopic (exact) mass is 203 g/mol. The van der Waals surface area contributed by atoms with E-state index in [0.29, 0.717) is 17.6 Å². The summed E-state index contributed by atoms with van der Waals surface area (Å²) in [4.78, 5) is 11.8. The molecular formula is C13H17NO. The highest BCUT2D eigenvalue weighted by Gasteiger charge is 2.59. The number of rotatable bonds is 1. The molecule has 0 aliphatic heterocycles. The van der Waals surface area contributed by atoms with Crippen LogP contribution in [0.25, 0.3) is 0 Å². The topological polar surface area (TPSA) is 40.9 Å². The van der Waals surface area contributed by atoms with Crippen LogP contribution in [0.2, 0.25) is 0 Å². The molecule has 4 saturated carbocycles. The van der Waals surface area contributed by atoms with Crippen LogP contribution in [-0.2, 0) is 4.79 Å². The second-order valence-electron chi connectivity index (χ2n) is 6.19. The SMILES string of the molecule is CC(=O)C12CC3CC(CC(C#N)(C3)C1)C2. The zero-order valence-electron chi connectivity index (χ0n) is 9.25. The number of hydrogen-bond donors (Lipinski definition) is 0. The van der Waals surface area contributed by atoms with Gasteiger partial charge in [0, 0.05) is 5.41 Å². The molecule has 4 rings (SSSR count). The average Bonchev–Trinajstić information content (AvgIpc) is 2.15. The summed E-state index contributed by atoms with van der Waals surface area (Å²) in [5, 5.41) is 9.37. The van der Waals surface area contributed by atoms with Crippen LogP contribution in [0.1, 0.15) is 45.4 Å². The molecule has 0 amide bonds. The Labute approximate surface area is 90.7 Å². The van der Waals surface area contributed by atoms with Crippen LogP contribution in [0.5, 0.6) is 0 Å². The Morgan fingerprint density at radius 3 is 2.33 bits per heavy atom. The van der Waals surface area contributed by atoms with E-state index in [2.05, 4.69) is 6.07 Å². The van der Waals surface area contributed by atoms with Gasteiger partial charge in [-0.05, 0) is 57.3 Å². The summed E-state index contributed by atoms with van der Waals surface area (Å²) in [6, 6.07) is 2.54. The molecule has 0 heterocycles. The summed E-state index contributed by atoms with van der Waals surface area (Å²) in [7, 11) is 0. The summed E-state index contributed by atoms with van der Waals surface area (Å²) in [6.07, 6.45) is 6.41. The lowest BCUT2D eigenvalue weighted by atomic mass is 9.44. The van der Waals surface area contributed by atoms with Gasteiger partial charge in [-0.3, -0.25) is 4.79 Å². The molecule has 0 aromatic rings. The van der Waals surface area contributed by atoms with Crippen LogP contribution in [0.3, 0.4) is 0 Å². The first-order chi connectivity index (χ1) is 7.07. The predicted molar refractivity (Wildman–Crippen MR) is 55.8 cm³/mol. The lowest BCUT2D eigenvalue weighted by Crippen LogP contribution is -2.54. The highest BCUT2D eigenvalue weighted by atomic mass is 16.1. The number of carbonyl (C=O) groups excluding carboxylic acids is 1. The van der Waals surface area contributed by atoms with Crippen LogP contribution in [0, 0.1) is 34.0 Å². The van der Waals surface area contributed by atoms with Crippen molar-refractivity contribution in [2.24, 2.45) is 22.7 Å². The zero-order chi connectivity index (χ0) is 10.7. The number of Topliss-reactive ketones (excluding diaryl/α,β-unsaturated/α-hetero) is 1. The predicted octanol–water partition coefficient (Wildman–Crippen LogP) is 2.69. The molecule has 4 fully saturated rings. The quantitative estimate of drug-likeness (QED) is 0.657. The van der Waals surface area contributed by atoms with Gasteiger partial charge in [0.15, 0.2) is 0 Å². The smallest absolute Gasteiger partial charge is 0.136 e. The largest absolute Gasteiger partial charge is 0.299 e. The molecule has 0 saturated heterocycles. The fourth-order valence-corrected chi connectivity index (χ4v) is 4.81. The van der Waals surface area contributed by atoms with Crippen molar-refractivity contribution in [3.63, 3.8) is 0 Å². The van der Waals surface area contributed by atoms with Gasteiger partial charge in [-0.25, -0.2) is 0 Å². The van der Waals surface area contributed by atoms with Gasteiger partial charge in [0.05, 0.1) is 11.5 Å². The minimum Gasteiger partial charge on any atom is -0.299 e. The fourth-order valence-electron chi connectivity index (χ4n) is 4.81. The minimum absolute atomic E-state index is 0.0974. The van der Waals surface area contributed by atoms with Gasteiger partial charge in [0.1, 0.15) is 5.78 Å². The van der Waals surface area contributed by atoms with E-state index in [1.807, 2.05) is 0 Å². The second kappa shape index (κ2) is 2.64. The lowest BCUT2D eigenvalue weighted by Gasteiger charge is -2.58. The van der Waals surface area contributed by atoms with Crippen molar-refractivity contribution in [1.29, 1.82) is 5.26 Å². The minimum atomic E-state index is -0.129. The molecular weight excluding hydrogens is 186 g/mol. The zero-order valence-corrected chi connectivity index (χ0v) is 9.25. The Morgan fingerprint density at radius 1 is 1.27 bits per heavy atom. The standard InChI is InChI=1S/C13H17NO/c1-9(15)13-5-10-2-11(6-13)4-12(3-10,7-13)8-14/h10-11H,2-7H2,1H3. The fraction of sp³-hybridized carbons (Fsp3) is 0.846. The Kier molecular flexibility index (Phi) is 1.65. The van der Waals surface area contributed by atoms with Crippen molar-refractivity contribution < 1.29 is 4.79 Å². The number of nitriles is 1. The van der Waals surface area contributed by atoms with Gasteiger partial charge in [0.25, 0.3) is 0 Å². The third-order valence-electron chi connectivity index (χ3n) is 5.05. The summed E-state index contributed by atoms with van der Waals surface area (Å²) in [5.41, 5.74) is -0.227. The highest BCUT2D eigenvalue weighted by Crippen LogP contribution is 2.65. The van der Waals surface area contributed by atoms with Gasteiger partial charge in [0.2, 0.25) is 0 Å². The number of carbonyl (C=O) groups is 1. The highest BCUT2D eigenvalue weighted by molar-refractivity contribution is 5.83. The summed E-state index contributed by atoms with van der Waals surface area (Å²) >= 11 is 0. The van der Waals surface area contributed by atoms with E-state index in [-0.39, 0.29) is 10.8 Å². The molecule has 0 spiro atoms. The van der Waals surface area contributed by atoms with Crippen LogP contribution in [-0.4, -0.2) is 5.78 Å². The summed E-state index contributed by atoms with van der Waals surface area (Å²) in [6.45, 7) is 1.73. The maximum atomic E-state index is 11.8. The first-order valence-electron chi connectivity index (χ1n) is 6.00. The van der Waals surface area contributed by atoms with Crippen molar-refractivity contribution in [1.82, 2.24) is 0 Å². The molecule has 0 aromatic carbocycles. The molecule has 4 bridgehead atoms. The van der Waals surface area contributed by atoms with Gasteiger partial charge in [-0.1, -0.05) is 0 Å². The number of ketones is 1. The van der Waals surface area contributed by atoms with E-state index in [1.54, 1.807) is 6.92 Å². The molecule has 0 radical (unpaired) electrons. The van der Waals surface area contributed by atoms with Crippen molar-refractivity contribution in [3.8, 4) is 6.07 Å². The van der Waals surface area contributed by atoms with E-state index < -0.39 is 0 Å². The van der Waals surface area contributed by atoms with Crippen molar-refractivity contribution in [2.45, 2.75) is 45.4 Å². The van der Waals surface area contributed by atoms with E-state index in [0.717, 1.165) is 32.1 Å². The summed E-state index contributed by atoms with van der Waals surface area (Å²) in [5.74, 6) is 1.67. The third kappa shape index (κ3) is 1.13. The van der Waals surface area contributed by atoms with E-state index in [4.69, 9.17) is 0 Å². The van der Waals surface area contributed by atoms with E-state index in [1.165, 1.54) is 6.42 Å². The van der Waals surface area contributed by atoms with E-state index >= 15 is 0 Å². The lowest BCUT2D eigenvalue weighted by molar-refractivity contribution is -0.146. The summed E-state index contributed by atoms with van der Waals surface area (Å²) < 4.78 is 0. The maximum Gasteiger partial charge on any atom is 0.136 e. The molecule has 2 atom stereocenters. The molecule has 15 heavy (non-hydrogen) atoms. The second-order valence-corrected chi connectivity index (χ2v) is 6.19. The van der Waals surface area contributed by atoms with E-state index in [9.17, 15) is 10.1 Å². The molecule has 0 N–H and O–H groups in total. The van der Waals surface area contributed by atoms with Gasteiger partial charge < -0.3 is 0 Å². The first kappa shape index (κ1) is 9.39. The van der Waals surface area contributed by atoms with Crippen LogP contribution < -0.4 is 0 Å². The maximum absolute atomic E-state index is 11.8. The van der Waals surface area contributed by atoms with Gasteiger partial charge >= 0.3 is 0 Å². The third-order valence-corrected chi connectivity index (χ3v) is 5.05. The number of nitrogens with zero attached hydrogens (tertiary/aromatic N) is 1. The van der Waals surface area contributed by atoms with Crippen molar-refractivity contribution in [3.05, 3.63) is 0 Å². The average molecular weight is 203 g/mol. The Bertz CT molecular complexity index is 351. The first-order valence-corrected chi connectivity index (χ1v) is 6.00. The van der Waals surface area contributed by atoms with Crippen molar-refractivity contribution in [2.75, 3.05) is 0 Å². The van der Waals surface area contributed by atoms with Crippen LogP contribution >= 0.6 is 0 Å².